The topological polar surface area (TPSA) is 233 Å². The molecule has 0 radical (unpaired) electrons. The Bertz CT molecular complexity index is 2020. The van der Waals surface area contributed by atoms with E-state index in [1.807, 2.05) is 0 Å². The van der Waals surface area contributed by atoms with Crippen LogP contribution in [0.3, 0.4) is 0 Å². The quantitative estimate of drug-likeness (QED) is 0.233. The van der Waals surface area contributed by atoms with Crippen LogP contribution in [0.2, 0.25) is 0 Å². The maximum absolute atomic E-state index is 13.2. The van der Waals surface area contributed by atoms with Crippen LogP contribution in [0.25, 0.3) is 0 Å². The van der Waals surface area contributed by atoms with Gasteiger partial charge < -0.3 is 20.2 Å². The lowest BCUT2D eigenvalue weighted by Crippen LogP contribution is -2.52. The molecule has 4 aliphatic heterocycles. The summed E-state index contributed by atoms with van der Waals surface area (Å²) in [4.78, 5) is 104. The first kappa shape index (κ1) is 32.1. The number of aromatic nitrogens is 3. The zero-order valence-electron chi connectivity index (χ0n) is 26.2. The summed E-state index contributed by atoms with van der Waals surface area (Å²) in [7, 11) is 0. The SMILES string of the molecule is O=C1CCC(N2Cc3c(NC(=O)Cn4cc(CN(C(=O)O)c5cccc6c5CN(C5CCC(=O)NC5=O)C6=O)nn4)cccc3C2=O)C(=O)N1. The van der Waals surface area contributed by atoms with E-state index in [0.717, 1.165) is 4.90 Å². The number of piperidine rings is 2. The van der Waals surface area contributed by atoms with Gasteiger partial charge >= 0.3 is 6.09 Å². The van der Waals surface area contributed by atoms with E-state index in [1.165, 1.54) is 32.8 Å². The maximum Gasteiger partial charge on any atom is 0.412 e. The molecule has 8 amide bonds. The van der Waals surface area contributed by atoms with Crippen LogP contribution in [0.4, 0.5) is 16.2 Å². The third kappa shape index (κ3) is 5.80. The lowest BCUT2D eigenvalue weighted by Gasteiger charge is -2.29. The molecule has 0 bridgehead atoms. The van der Waals surface area contributed by atoms with Crippen molar-refractivity contribution in [2.45, 2.75) is 63.9 Å². The van der Waals surface area contributed by atoms with Gasteiger partial charge in [-0.25, -0.2) is 9.48 Å². The van der Waals surface area contributed by atoms with Crippen LogP contribution in [-0.2, 0) is 50.2 Å². The first-order valence-electron chi connectivity index (χ1n) is 15.7. The van der Waals surface area contributed by atoms with E-state index in [0.29, 0.717) is 22.4 Å². The van der Waals surface area contributed by atoms with Crippen molar-refractivity contribution in [3.63, 3.8) is 0 Å². The standard InChI is InChI=1S/C32H29N9O9/c42-25-9-7-23(28(45)34-25)39-13-19-17(30(39)47)3-1-5-21(19)33-27(44)15-38-11-16(36-37-38)12-41(32(49)50)22-6-2-4-18-20(22)14-40(31(18)48)24-8-10-26(43)35-29(24)46/h1-6,11,23-24H,7-10,12-15H2,(H,33,44)(H,49,50)(H,34,42,45)(H,35,43,46). The van der Waals surface area contributed by atoms with Crippen LogP contribution >= 0.6 is 0 Å². The van der Waals surface area contributed by atoms with Crippen molar-refractivity contribution >= 4 is 58.8 Å². The summed E-state index contributed by atoms with van der Waals surface area (Å²) in [5.74, 6) is -3.28. The predicted octanol–water partition coefficient (Wildman–Crippen LogP) is 0.123. The van der Waals surface area contributed by atoms with Crippen LogP contribution in [0, 0.1) is 0 Å². The van der Waals surface area contributed by atoms with Gasteiger partial charge in [0.1, 0.15) is 24.3 Å². The van der Waals surface area contributed by atoms with E-state index >= 15 is 0 Å². The highest BCUT2D eigenvalue weighted by Gasteiger charge is 2.42. The summed E-state index contributed by atoms with van der Waals surface area (Å²) in [6.45, 7) is -0.544. The summed E-state index contributed by atoms with van der Waals surface area (Å²) in [5.41, 5.74) is 2.29. The largest absolute Gasteiger partial charge is 0.465 e. The summed E-state index contributed by atoms with van der Waals surface area (Å²) in [5, 5.41) is 25.4. The zero-order chi connectivity index (χ0) is 35.3. The smallest absolute Gasteiger partial charge is 0.412 e. The number of hydrogen-bond donors (Lipinski definition) is 4. The molecule has 2 unspecified atom stereocenters. The predicted molar refractivity (Wildman–Crippen MR) is 168 cm³/mol. The molecule has 256 valence electrons. The Morgan fingerprint density at radius 1 is 0.840 bits per heavy atom. The van der Waals surface area contributed by atoms with Gasteiger partial charge in [0.2, 0.25) is 29.5 Å². The summed E-state index contributed by atoms with van der Waals surface area (Å²) >= 11 is 0. The number of rotatable bonds is 8. The molecule has 18 heteroatoms. The minimum absolute atomic E-state index is 0.0344. The number of amides is 8. The second-order valence-electron chi connectivity index (χ2n) is 12.3. The number of anilines is 2. The fraction of sp³-hybridized carbons (Fsp3) is 0.312. The molecule has 4 N–H and O–H groups in total. The second kappa shape index (κ2) is 12.5. The summed E-state index contributed by atoms with van der Waals surface area (Å²) < 4.78 is 1.22. The Balaban J connectivity index is 1.02. The van der Waals surface area contributed by atoms with E-state index in [1.54, 1.807) is 24.3 Å². The van der Waals surface area contributed by atoms with Gasteiger partial charge in [0.15, 0.2) is 0 Å². The van der Waals surface area contributed by atoms with Crippen molar-refractivity contribution in [1.29, 1.82) is 0 Å². The van der Waals surface area contributed by atoms with Crippen molar-refractivity contribution in [3.05, 3.63) is 70.5 Å². The van der Waals surface area contributed by atoms with Crippen LogP contribution < -0.4 is 20.9 Å². The van der Waals surface area contributed by atoms with Crippen molar-refractivity contribution < 1.29 is 43.5 Å². The summed E-state index contributed by atoms with van der Waals surface area (Å²) in [6.07, 6.45) is 0.617. The Morgan fingerprint density at radius 2 is 1.42 bits per heavy atom. The molecule has 18 nitrogen and oxygen atoms in total. The van der Waals surface area contributed by atoms with Crippen LogP contribution in [0.5, 0.6) is 0 Å². The number of fused-ring (bicyclic) bond motifs is 2. The van der Waals surface area contributed by atoms with E-state index in [9.17, 15) is 43.5 Å². The molecular formula is C32H29N9O9. The molecule has 0 spiro atoms. The third-order valence-corrected chi connectivity index (χ3v) is 9.15. The number of benzene rings is 2. The fourth-order valence-electron chi connectivity index (χ4n) is 6.77. The van der Waals surface area contributed by atoms with Gasteiger partial charge in [0, 0.05) is 53.9 Å². The fourth-order valence-corrected chi connectivity index (χ4v) is 6.77. The first-order chi connectivity index (χ1) is 24.0. The van der Waals surface area contributed by atoms with Gasteiger partial charge in [-0.05, 0) is 37.1 Å². The molecule has 4 aliphatic rings. The van der Waals surface area contributed by atoms with Gasteiger partial charge in [-0.2, -0.15) is 0 Å². The van der Waals surface area contributed by atoms with Gasteiger partial charge in [0.25, 0.3) is 11.8 Å². The number of carbonyl (C=O) groups excluding carboxylic acids is 7. The second-order valence-corrected chi connectivity index (χ2v) is 12.3. The van der Waals surface area contributed by atoms with E-state index in [2.05, 4.69) is 26.3 Å². The first-order valence-corrected chi connectivity index (χ1v) is 15.7. The molecular weight excluding hydrogens is 654 g/mol. The van der Waals surface area contributed by atoms with E-state index in [4.69, 9.17) is 0 Å². The minimum Gasteiger partial charge on any atom is -0.465 e. The lowest BCUT2D eigenvalue weighted by molar-refractivity contribution is -0.138. The van der Waals surface area contributed by atoms with Crippen molar-refractivity contribution in [2.75, 3.05) is 10.2 Å². The Labute approximate surface area is 282 Å². The zero-order valence-corrected chi connectivity index (χ0v) is 26.2. The third-order valence-electron chi connectivity index (χ3n) is 9.15. The molecule has 5 heterocycles. The number of imide groups is 2. The van der Waals surface area contributed by atoms with Gasteiger partial charge in [-0.15, -0.1) is 5.10 Å². The number of carboxylic acid groups (broad SMARTS) is 1. The average molecular weight is 684 g/mol. The van der Waals surface area contributed by atoms with Crippen molar-refractivity contribution in [3.8, 4) is 0 Å². The Hall–Kier alpha value is -6.46. The highest BCUT2D eigenvalue weighted by Crippen LogP contribution is 2.35. The van der Waals surface area contributed by atoms with E-state index in [-0.39, 0.29) is 74.7 Å². The molecule has 2 saturated heterocycles. The number of nitrogens with zero attached hydrogens (tertiary/aromatic N) is 6. The molecule has 50 heavy (non-hydrogen) atoms. The molecule has 2 aromatic carbocycles. The Morgan fingerprint density at radius 3 is 2.02 bits per heavy atom. The lowest BCUT2D eigenvalue weighted by atomic mass is 10.0. The maximum atomic E-state index is 13.2. The minimum atomic E-state index is -1.34. The molecule has 7 rings (SSSR count). The van der Waals surface area contributed by atoms with Crippen molar-refractivity contribution in [1.82, 2.24) is 35.4 Å². The molecule has 2 fully saturated rings. The number of hydrogen-bond acceptors (Lipinski definition) is 10. The normalized spacial score (nSPS) is 20.0. The highest BCUT2D eigenvalue weighted by atomic mass is 16.4. The number of carbonyl (C=O) groups is 8. The molecule has 1 aromatic heterocycles. The van der Waals surface area contributed by atoms with Gasteiger partial charge in [0.05, 0.1) is 18.4 Å². The van der Waals surface area contributed by atoms with Gasteiger partial charge in [-0.3, -0.25) is 49.1 Å². The van der Waals surface area contributed by atoms with Crippen LogP contribution in [-0.4, -0.2) is 89.4 Å². The Kier molecular flexibility index (Phi) is 8.05. The highest BCUT2D eigenvalue weighted by molar-refractivity contribution is 6.08. The van der Waals surface area contributed by atoms with Gasteiger partial charge in [-0.1, -0.05) is 17.3 Å². The van der Waals surface area contributed by atoms with Crippen molar-refractivity contribution in [2.24, 2.45) is 0 Å². The van der Waals surface area contributed by atoms with E-state index < -0.39 is 53.6 Å². The van der Waals surface area contributed by atoms with Crippen LogP contribution in [0.15, 0.2) is 42.6 Å². The monoisotopic (exact) mass is 683 g/mol. The number of nitrogens with one attached hydrogen (secondary N) is 3. The van der Waals surface area contributed by atoms with Crippen LogP contribution in [0.1, 0.15) is 63.2 Å². The molecule has 2 atom stereocenters. The average Bonchev–Trinajstić information content (AvgIpc) is 3.76. The molecule has 0 saturated carbocycles. The summed E-state index contributed by atoms with van der Waals surface area (Å²) in [6, 6.07) is 7.77. The molecule has 0 aliphatic carbocycles. The molecule has 3 aromatic rings.